The SMILES string of the molecule is COC(=O)c1ccc(N2CC(C(N)=O)CC2=O)c(OC)c1. The van der Waals surface area contributed by atoms with E-state index in [1.807, 2.05) is 0 Å². The summed E-state index contributed by atoms with van der Waals surface area (Å²) in [6.45, 7) is 0.210. The second-order valence-electron chi connectivity index (χ2n) is 4.69. The lowest BCUT2D eigenvalue weighted by molar-refractivity contribution is -0.123. The van der Waals surface area contributed by atoms with Gasteiger partial charge >= 0.3 is 5.97 Å². The number of benzene rings is 1. The van der Waals surface area contributed by atoms with Gasteiger partial charge in [0, 0.05) is 13.0 Å². The second kappa shape index (κ2) is 5.82. The van der Waals surface area contributed by atoms with Crippen LogP contribution in [0.4, 0.5) is 5.69 Å². The molecule has 2 N–H and O–H groups in total. The normalized spacial score (nSPS) is 17.7. The van der Waals surface area contributed by atoms with Crippen molar-refractivity contribution in [3.8, 4) is 5.75 Å². The first-order chi connectivity index (χ1) is 9.97. The van der Waals surface area contributed by atoms with E-state index in [9.17, 15) is 14.4 Å². The third-order valence-electron chi connectivity index (χ3n) is 3.42. The second-order valence-corrected chi connectivity index (χ2v) is 4.69. The molecule has 2 amide bonds. The van der Waals surface area contributed by atoms with Gasteiger partial charge in [-0.2, -0.15) is 0 Å². The number of amides is 2. The largest absolute Gasteiger partial charge is 0.495 e. The molecule has 1 aromatic rings. The summed E-state index contributed by atoms with van der Waals surface area (Å²) in [6.07, 6.45) is 0.0806. The number of esters is 1. The number of hydrogen-bond donors (Lipinski definition) is 1. The minimum Gasteiger partial charge on any atom is -0.495 e. The van der Waals surface area contributed by atoms with Crippen LogP contribution in [0, 0.1) is 5.92 Å². The summed E-state index contributed by atoms with van der Waals surface area (Å²) in [5.41, 5.74) is 6.06. The van der Waals surface area contributed by atoms with Crippen LogP contribution in [0.3, 0.4) is 0 Å². The van der Waals surface area contributed by atoms with Crippen molar-refractivity contribution in [2.24, 2.45) is 11.7 Å². The molecular formula is C14H16N2O5. The molecule has 112 valence electrons. The zero-order valence-electron chi connectivity index (χ0n) is 11.8. The standard InChI is InChI=1S/C14H16N2O5/c1-20-11-5-8(14(19)21-2)3-4-10(11)16-7-9(13(15)18)6-12(16)17/h3-5,9H,6-7H2,1-2H3,(H2,15,18). The predicted octanol–water partition coefficient (Wildman–Crippen LogP) is 0.320. The molecule has 1 atom stereocenters. The first-order valence-corrected chi connectivity index (χ1v) is 6.34. The average molecular weight is 292 g/mol. The van der Waals surface area contributed by atoms with Gasteiger partial charge in [0.15, 0.2) is 0 Å². The minimum absolute atomic E-state index is 0.0806. The summed E-state index contributed by atoms with van der Waals surface area (Å²) < 4.78 is 9.85. The molecule has 21 heavy (non-hydrogen) atoms. The Hall–Kier alpha value is -2.57. The van der Waals surface area contributed by atoms with Gasteiger partial charge in [0.2, 0.25) is 11.8 Å². The van der Waals surface area contributed by atoms with E-state index in [0.717, 1.165) is 0 Å². The number of anilines is 1. The number of ether oxygens (including phenoxy) is 2. The van der Waals surface area contributed by atoms with E-state index in [4.69, 9.17) is 10.5 Å². The molecule has 2 rings (SSSR count). The van der Waals surface area contributed by atoms with Crippen molar-refractivity contribution in [2.75, 3.05) is 25.7 Å². The van der Waals surface area contributed by atoms with Gasteiger partial charge in [-0.25, -0.2) is 4.79 Å². The van der Waals surface area contributed by atoms with Gasteiger partial charge in [-0.15, -0.1) is 0 Å². The molecule has 1 saturated heterocycles. The van der Waals surface area contributed by atoms with Crippen LogP contribution in [0.2, 0.25) is 0 Å². The van der Waals surface area contributed by atoms with Gasteiger partial charge in [0.05, 0.1) is 31.4 Å². The Morgan fingerprint density at radius 1 is 1.33 bits per heavy atom. The number of methoxy groups -OCH3 is 2. The molecule has 0 aromatic heterocycles. The summed E-state index contributed by atoms with van der Waals surface area (Å²) >= 11 is 0. The highest BCUT2D eigenvalue weighted by molar-refractivity contribution is 6.01. The molecule has 1 aromatic carbocycles. The topological polar surface area (TPSA) is 98.9 Å². The lowest BCUT2D eigenvalue weighted by Crippen LogP contribution is -2.28. The molecule has 1 heterocycles. The van der Waals surface area contributed by atoms with E-state index >= 15 is 0 Å². The van der Waals surface area contributed by atoms with Crippen LogP contribution >= 0.6 is 0 Å². The van der Waals surface area contributed by atoms with Crippen molar-refractivity contribution in [1.29, 1.82) is 0 Å². The van der Waals surface area contributed by atoms with Crippen LogP contribution in [0.25, 0.3) is 0 Å². The number of carbonyl (C=O) groups excluding carboxylic acids is 3. The van der Waals surface area contributed by atoms with Crippen molar-refractivity contribution < 1.29 is 23.9 Å². The van der Waals surface area contributed by atoms with Crippen molar-refractivity contribution >= 4 is 23.5 Å². The quantitative estimate of drug-likeness (QED) is 0.806. The van der Waals surface area contributed by atoms with Gasteiger partial charge < -0.3 is 20.1 Å². The molecule has 7 nitrogen and oxygen atoms in total. The number of nitrogens with two attached hydrogens (primary N) is 1. The number of rotatable bonds is 4. The Bertz CT molecular complexity index is 599. The third-order valence-corrected chi connectivity index (χ3v) is 3.42. The monoisotopic (exact) mass is 292 g/mol. The Morgan fingerprint density at radius 2 is 2.05 bits per heavy atom. The van der Waals surface area contributed by atoms with E-state index in [0.29, 0.717) is 17.0 Å². The Labute approximate surface area is 121 Å². The molecule has 0 saturated carbocycles. The van der Waals surface area contributed by atoms with Gasteiger partial charge in [0.25, 0.3) is 0 Å². The van der Waals surface area contributed by atoms with Crippen LogP contribution in [-0.4, -0.2) is 38.5 Å². The maximum atomic E-state index is 12.0. The minimum atomic E-state index is -0.512. The van der Waals surface area contributed by atoms with Crippen molar-refractivity contribution in [2.45, 2.75) is 6.42 Å². The molecule has 0 spiro atoms. The zero-order valence-corrected chi connectivity index (χ0v) is 11.8. The lowest BCUT2D eigenvalue weighted by atomic mass is 10.1. The number of primary amides is 1. The van der Waals surface area contributed by atoms with Crippen LogP contribution in [0.1, 0.15) is 16.8 Å². The van der Waals surface area contributed by atoms with E-state index in [1.54, 1.807) is 6.07 Å². The first-order valence-electron chi connectivity index (χ1n) is 6.34. The highest BCUT2D eigenvalue weighted by atomic mass is 16.5. The third kappa shape index (κ3) is 2.81. The Kier molecular flexibility index (Phi) is 4.11. The predicted molar refractivity (Wildman–Crippen MR) is 74.0 cm³/mol. The zero-order chi connectivity index (χ0) is 15.6. The summed E-state index contributed by atoms with van der Waals surface area (Å²) in [5, 5.41) is 0. The molecule has 1 aliphatic rings. The maximum Gasteiger partial charge on any atom is 0.337 e. The Balaban J connectivity index is 2.34. The van der Waals surface area contributed by atoms with Gasteiger partial charge in [-0.1, -0.05) is 0 Å². The van der Waals surface area contributed by atoms with Crippen molar-refractivity contribution in [1.82, 2.24) is 0 Å². The summed E-state index contributed by atoms with van der Waals surface area (Å²) in [6, 6.07) is 4.62. The van der Waals surface area contributed by atoms with Crippen molar-refractivity contribution in [3.63, 3.8) is 0 Å². The summed E-state index contributed by atoms with van der Waals surface area (Å²) in [7, 11) is 2.72. The summed E-state index contributed by atoms with van der Waals surface area (Å²) in [5.74, 6) is -1.36. The molecule has 1 unspecified atom stereocenters. The van der Waals surface area contributed by atoms with Gasteiger partial charge in [-0.3, -0.25) is 9.59 Å². The molecule has 0 radical (unpaired) electrons. The van der Waals surface area contributed by atoms with Crippen LogP contribution in [0.5, 0.6) is 5.75 Å². The number of nitrogens with zero attached hydrogens (tertiary/aromatic N) is 1. The highest BCUT2D eigenvalue weighted by Crippen LogP contribution is 2.33. The number of carbonyl (C=O) groups is 3. The number of hydrogen-bond acceptors (Lipinski definition) is 5. The van der Waals surface area contributed by atoms with Crippen LogP contribution < -0.4 is 15.4 Å². The van der Waals surface area contributed by atoms with Gasteiger partial charge in [-0.05, 0) is 18.2 Å². The van der Waals surface area contributed by atoms with E-state index in [1.165, 1.54) is 31.3 Å². The molecule has 0 bridgehead atoms. The fourth-order valence-electron chi connectivity index (χ4n) is 2.28. The molecule has 1 fully saturated rings. The fraction of sp³-hybridized carbons (Fsp3) is 0.357. The molecular weight excluding hydrogens is 276 g/mol. The molecule has 7 heteroatoms. The molecule has 0 aliphatic carbocycles. The van der Waals surface area contributed by atoms with Crippen LogP contribution in [0.15, 0.2) is 18.2 Å². The maximum absolute atomic E-state index is 12.0. The smallest absolute Gasteiger partial charge is 0.337 e. The molecule has 1 aliphatic heterocycles. The van der Waals surface area contributed by atoms with E-state index in [2.05, 4.69) is 4.74 Å². The first kappa shape index (κ1) is 14.8. The Morgan fingerprint density at radius 3 is 2.57 bits per heavy atom. The summed E-state index contributed by atoms with van der Waals surface area (Å²) in [4.78, 5) is 36.2. The van der Waals surface area contributed by atoms with E-state index in [-0.39, 0.29) is 18.9 Å². The van der Waals surface area contributed by atoms with Gasteiger partial charge in [0.1, 0.15) is 5.75 Å². The lowest BCUT2D eigenvalue weighted by Gasteiger charge is -2.19. The average Bonchev–Trinajstić information content (AvgIpc) is 2.87. The fourth-order valence-corrected chi connectivity index (χ4v) is 2.28. The van der Waals surface area contributed by atoms with Crippen molar-refractivity contribution in [3.05, 3.63) is 23.8 Å². The highest BCUT2D eigenvalue weighted by Gasteiger charge is 2.35. The van der Waals surface area contributed by atoms with E-state index < -0.39 is 17.8 Å². The van der Waals surface area contributed by atoms with Crippen LogP contribution in [-0.2, 0) is 14.3 Å².